The third-order valence-electron chi connectivity index (χ3n) is 3.76. The lowest BCUT2D eigenvalue weighted by Crippen LogP contribution is -2.23. The van der Waals surface area contributed by atoms with Gasteiger partial charge in [0.05, 0.1) is 16.9 Å². The topological polar surface area (TPSA) is 77.6 Å². The molecule has 0 spiro atoms. The predicted molar refractivity (Wildman–Crippen MR) is 96.0 cm³/mol. The molecule has 2 heterocycles. The number of benzene rings is 1. The average Bonchev–Trinajstić information content (AvgIpc) is 3.14. The number of amides is 1. The monoisotopic (exact) mass is 338 g/mol. The number of hydrogen-bond donors (Lipinski definition) is 1. The number of aryl methyl sites for hydroxylation is 2. The lowest BCUT2D eigenvalue weighted by Gasteiger charge is -2.17. The van der Waals surface area contributed by atoms with E-state index in [-0.39, 0.29) is 17.3 Å². The second-order valence-corrected chi connectivity index (χ2v) is 7.02. The van der Waals surface area contributed by atoms with Gasteiger partial charge in [0.25, 0.3) is 5.91 Å². The lowest BCUT2D eigenvalue weighted by molar-refractivity contribution is 0.101. The zero-order chi connectivity index (χ0) is 18.2. The number of carbonyl (C=O) groups is 1. The van der Waals surface area contributed by atoms with Crippen molar-refractivity contribution in [1.82, 2.24) is 24.5 Å². The number of rotatable bonds is 3. The average molecular weight is 338 g/mol. The third-order valence-corrected chi connectivity index (χ3v) is 3.76. The minimum atomic E-state index is -0.332. The number of carbonyl (C=O) groups excluding carboxylic acids is 1. The Morgan fingerprint density at radius 2 is 1.76 bits per heavy atom. The van der Waals surface area contributed by atoms with Crippen molar-refractivity contribution in [2.24, 2.45) is 0 Å². The molecule has 3 aromatic rings. The minimum absolute atomic E-state index is 0.151. The van der Waals surface area contributed by atoms with Crippen LogP contribution in [0.15, 0.2) is 36.7 Å². The van der Waals surface area contributed by atoms with Gasteiger partial charge in [-0.05, 0) is 65.0 Å². The van der Waals surface area contributed by atoms with E-state index >= 15 is 0 Å². The van der Waals surface area contributed by atoms with Crippen LogP contribution < -0.4 is 5.32 Å². The van der Waals surface area contributed by atoms with Crippen molar-refractivity contribution in [2.45, 2.75) is 40.2 Å². The van der Waals surface area contributed by atoms with Crippen molar-refractivity contribution in [3.8, 4) is 5.69 Å². The van der Waals surface area contributed by atoms with Gasteiger partial charge in [-0.25, -0.2) is 14.3 Å². The summed E-state index contributed by atoms with van der Waals surface area (Å²) >= 11 is 0. The van der Waals surface area contributed by atoms with E-state index in [1.807, 2.05) is 69.6 Å². The van der Waals surface area contributed by atoms with Crippen molar-refractivity contribution in [3.05, 3.63) is 53.9 Å². The Hall–Kier alpha value is -2.96. The Kier molecular flexibility index (Phi) is 4.16. The van der Waals surface area contributed by atoms with Crippen molar-refractivity contribution >= 4 is 11.6 Å². The largest absolute Gasteiger partial charge is 0.319 e. The standard InChI is InChI=1S/C18H22N6O/c1-12-10-13(2)24(21-12)15-8-6-14(7-9-15)20-17(25)16-19-11-23(22-16)18(3,4)5/h6-11H,1-5H3,(H,20,25). The summed E-state index contributed by atoms with van der Waals surface area (Å²) in [6.45, 7) is 9.97. The maximum Gasteiger partial charge on any atom is 0.295 e. The van der Waals surface area contributed by atoms with Crippen LogP contribution in [-0.2, 0) is 5.54 Å². The quantitative estimate of drug-likeness (QED) is 0.796. The number of hydrogen-bond acceptors (Lipinski definition) is 4. The highest BCUT2D eigenvalue weighted by Crippen LogP contribution is 2.16. The summed E-state index contributed by atoms with van der Waals surface area (Å²) in [4.78, 5) is 16.4. The maximum absolute atomic E-state index is 12.3. The van der Waals surface area contributed by atoms with Crippen LogP contribution in [0, 0.1) is 13.8 Å². The summed E-state index contributed by atoms with van der Waals surface area (Å²) in [5.41, 5.74) is 3.44. The van der Waals surface area contributed by atoms with Crippen LogP contribution in [0.5, 0.6) is 0 Å². The fourth-order valence-electron chi connectivity index (χ4n) is 2.45. The summed E-state index contributed by atoms with van der Waals surface area (Å²) in [6, 6.07) is 9.52. The molecular weight excluding hydrogens is 316 g/mol. The number of anilines is 1. The Morgan fingerprint density at radius 3 is 2.28 bits per heavy atom. The summed E-state index contributed by atoms with van der Waals surface area (Å²) in [5.74, 6) is -0.181. The molecule has 0 saturated heterocycles. The van der Waals surface area contributed by atoms with E-state index in [1.54, 1.807) is 11.0 Å². The molecular formula is C18H22N6O. The molecule has 7 nitrogen and oxygen atoms in total. The molecule has 1 N–H and O–H groups in total. The molecule has 1 amide bonds. The normalized spacial score (nSPS) is 11.6. The third kappa shape index (κ3) is 3.60. The van der Waals surface area contributed by atoms with Crippen LogP contribution in [0.4, 0.5) is 5.69 Å². The van der Waals surface area contributed by atoms with E-state index in [0.717, 1.165) is 17.1 Å². The molecule has 130 valence electrons. The molecule has 0 unspecified atom stereocenters. The lowest BCUT2D eigenvalue weighted by atomic mass is 10.1. The van der Waals surface area contributed by atoms with Gasteiger partial charge in [-0.1, -0.05) is 0 Å². The van der Waals surface area contributed by atoms with Crippen molar-refractivity contribution in [2.75, 3.05) is 5.32 Å². The van der Waals surface area contributed by atoms with Gasteiger partial charge >= 0.3 is 0 Å². The van der Waals surface area contributed by atoms with Crippen molar-refractivity contribution < 1.29 is 4.79 Å². The zero-order valence-electron chi connectivity index (χ0n) is 15.1. The predicted octanol–water partition coefficient (Wildman–Crippen LogP) is 3.09. The highest BCUT2D eigenvalue weighted by Gasteiger charge is 2.18. The molecule has 25 heavy (non-hydrogen) atoms. The van der Waals surface area contributed by atoms with Gasteiger partial charge in [-0.2, -0.15) is 5.10 Å². The van der Waals surface area contributed by atoms with Gasteiger partial charge in [0.15, 0.2) is 0 Å². The molecule has 1 aromatic carbocycles. The molecule has 0 atom stereocenters. The highest BCUT2D eigenvalue weighted by atomic mass is 16.2. The van der Waals surface area contributed by atoms with E-state index < -0.39 is 0 Å². The maximum atomic E-state index is 12.3. The van der Waals surface area contributed by atoms with Gasteiger partial charge in [0, 0.05) is 11.4 Å². The van der Waals surface area contributed by atoms with Crippen LogP contribution in [0.1, 0.15) is 42.8 Å². The van der Waals surface area contributed by atoms with Crippen LogP contribution >= 0.6 is 0 Å². The van der Waals surface area contributed by atoms with Crippen molar-refractivity contribution in [1.29, 1.82) is 0 Å². The number of nitrogens with one attached hydrogen (secondary N) is 1. The number of nitrogens with zero attached hydrogens (tertiary/aromatic N) is 5. The van der Waals surface area contributed by atoms with E-state index in [2.05, 4.69) is 20.5 Å². The number of aromatic nitrogens is 5. The summed E-state index contributed by atoms with van der Waals surface area (Å²) < 4.78 is 3.54. The van der Waals surface area contributed by atoms with E-state index in [9.17, 15) is 4.79 Å². The van der Waals surface area contributed by atoms with Crippen molar-refractivity contribution in [3.63, 3.8) is 0 Å². The van der Waals surface area contributed by atoms with Crippen LogP contribution in [-0.4, -0.2) is 30.5 Å². The smallest absolute Gasteiger partial charge is 0.295 e. The second kappa shape index (κ2) is 6.16. The Bertz CT molecular complexity index is 899. The fraction of sp³-hybridized carbons (Fsp3) is 0.333. The van der Waals surface area contributed by atoms with Crippen LogP contribution in [0.25, 0.3) is 5.69 Å². The van der Waals surface area contributed by atoms with Gasteiger partial charge in [0.1, 0.15) is 6.33 Å². The van der Waals surface area contributed by atoms with Gasteiger partial charge in [-0.3, -0.25) is 4.79 Å². The zero-order valence-corrected chi connectivity index (χ0v) is 15.1. The molecule has 7 heteroatoms. The molecule has 2 aromatic heterocycles. The fourth-order valence-corrected chi connectivity index (χ4v) is 2.45. The molecule has 0 bridgehead atoms. The first-order chi connectivity index (χ1) is 11.7. The minimum Gasteiger partial charge on any atom is -0.319 e. The van der Waals surface area contributed by atoms with Gasteiger partial charge in [0.2, 0.25) is 5.82 Å². The van der Waals surface area contributed by atoms with Crippen LogP contribution in [0.2, 0.25) is 0 Å². The van der Waals surface area contributed by atoms with Crippen LogP contribution in [0.3, 0.4) is 0 Å². The first kappa shape index (κ1) is 16.9. The van der Waals surface area contributed by atoms with E-state index in [1.165, 1.54) is 0 Å². The summed E-state index contributed by atoms with van der Waals surface area (Å²) in [6.07, 6.45) is 1.57. The second-order valence-electron chi connectivity index (χ2n) is 7.02. The highest BCUT2D eigenvalue weighted by molar-refractivity contribution is 6.01. The van der Waals surface area contributed by atoms with E-state index in [0.29, 0.717) is 5.69 Å². The molecule has 0 aliphatic rings. The Morgan fingerprint density at radius 1 is 1.08 bits per heavy atom. The molecule has 0 fully saturated rings. The molecule has 3 rings (SSSR count). The molecule has 0 aliphatic heterocycles. The summed E-state index contributed by atoms with van der Waals surface area (Å²) in [7, 11) is 0. The van der Waals surface area contributed by atoms with Gasteiger partial charge < -0.3 is 5.32 Å². The first-order valence-corrected chi connectivity index (χ1v) is 8.11. The van der Waals surface area contributed by atoms with Gasteiger partial charge in [-0.15, -0.1) is 5.10 Å². The Labute approximate surface area is 146 Å². The molecule has 0 aliphatic carbocycles. The SMILES string of the molecule is Cc1cc(C)n(-c2ccc(NC(=O)c3ncn(C(C)(C)C)n3)cc2)n1. The van der Waals surface area contributed by atoms with E-state index in [4.69, 9.17) is 0 Å². The molecule has 0 saturated carbocycles. The first-order valence-electron chi connectivity index (χ1n) is 8.11. The molecule has 0 radical (unpaired) electrons. The summed E-state index contributed by atoms with van der Waals surface area (Å²) in [5, 5.41) is 11.5. The Balaban J connectivity index is 1.74.